The van der Waals surface area contributed by atoms with Crippen molar-refractivity contribution in [1.29, 1.82) is 0 Å². The van der Waals surface area contributed by atoms with E-state index in [1.54, 1.807) is 0 Å². The predicted octanol–water partition coefficient (Wildman–Crippen LogP) is -0.957. The van der Waals surface area contributed by atoms with Crippen LogP contribution in [-0.2, 0) is 0 Å². The molecule has 0 aromatic carbocycles. The highest BCUT2D eigenvalue weighted by Crippen LogP contribution is 2.20. The van der Waals surface area contributed by atoms with E-state index in [0.29, 0.717) is 0 Å². The molecule has 1 atom stereocenters. The van der Waals surface area contributed by atoms with Gasteiger partial charge in [-0.1, -0.05) is 0 Å². The lowest BCUT2D eigenvalue weighted by molar-refractivity contribution is -0.999. The van der Waals surface area contributed by atoms with Gasteiger partial charge in [0.05, 0.1) is 4.92 Å². The minimum atomic E-state index is -4.72. The molecule has 0 bridgehead atoms. The number of halogens is 1. The molecule has 0 fully saturated rings. The Labute approximate surface area is 77.9 Å². The van der Waals surface area contributed by atoms with Crippen LogP contribution in [-0.4, -0.2) is 31.8 Å². The lowest BCUT2D eigenvalue weighted by Gasteiger charge is -2.06. The molecule has 0 amide bonds. The molecule has 0 aliphatic heterocycles. The summed E-state index contributed by atoms with van der Waals surface area (Å²) in [6, 6.07) is 0. The predicted molar refractivity (Wildman–Crippen MR) is 35.6 cm³/mol. The minimum absolute atomic E-state index is 2.12. The number of nitrogens with zero attached hydrogens (tertiary/aromatic N) is 4. The van der Waals surface area contributed by atoms with E-state index in [4.69, 9.17) is 0 Å². The Kier molecular flexibility index (Phi) is 3.11. The molecule has 0 N–H and O–H groups in total. The van der Waals surface area contributed by atoms with E-state index in [-0.39, 0.29) is 0 Å². The number of nitro groups is 4. The van der Waals surface area contributed by atoms with E-state index in [9.17, 15) is 44.8 Å². The standard InChI is InChI=1S/C2HFN4O8/c3-1(4(8)9)2(5(10)11,6(12)13)7(14)15/h1H. The van der Waals surface area contributed by atoms with Crippen molar-refractivity contribution in [3.63, 3.8) is 0 Å². The molecular weight excluding hydrogens is 227 g/mol. The summed E-state index contributed by atoms with van der Waals surface area (Å²) in [5, 5.41) is 39.9. The van der Waals surface area contributed by atoms with E-state index in [1.165, 1.54) is 0 Å². The monoisotopic (exact) mass is 228 g/mol. The van der Waals surface area contributed by atoms with Crippen LogP contribution in [0.4, 0.5) is 4.39 Å². The zero-order valence-corrected chi connectivity index (χ0v) is 6.51. The van der Waals surface area contributed by atoms with Gasteiger partial charge >= 0.3 is 12.1 Å². The summed E-state index contributed by atoms with van der Waals surface area (Å²) in [5.74, 6) is -4.72. The van der Waals surface area contributed by atoms with Crippen molar-refractivity contribution in [1.82, 2.24) is 0 Å². The molecule has 0 aromatic heterocycles. The average Bonchev–Trinajstić information content (AvgIpc) is 2.02. The fraction of sp³-hybridized carbons (Fsp3) is 1.00. The van der Waals surface area contributed by atoms with Gasteiger partial charge in [-0.3, -0.25) is 40.5 Å². The molecule has 0 aliphatic rings. The van der Waals surface area contributed by atoms with Gasteiger partial charge in [-0.05, 0) is 0 Å². The third kappa shape index (κ3) is 1.61. The van der Waals surface area contributed by atoms with Crippen molar-refractivity contribution in [3.05, 3.63) is 40.5 Å². The molecule has 1 unspecified atom stereocenters. The molecule has 84 valence electrons. The summed E-state index contributed by atoms with van der Waals surface area (Å²) in [5.41, 5.74) is 0. The Bertz CT molecular complexity index is 303. The topological polar surface area (TPSA) is 173 Å². The molecule has 0 saturated heterocycles. The van der Waals surface area contributed by atoms with Crippen molar-refractivity contribution in [2.75, 3.05) is 0 Å². The van der Waals surface area contributed by atoms with Crippen LogP contribution < -0.4 is 0 Å². The Hall–Kier alpha value is -2.47. The number of hydrogen-bond donors (Lipinski definition) is 0. The van der Waals surface area contributed by atoms with Crippen LogP contribution in [0.5, 0.6) is 0 Å². The molecule has 0 saturated carbocycles. The molecule has 0 spiro atoms. The molecule has 0 heterocycles. The van der Waals surface area contributed by atoms with Gasteiger partial charge in [0.2, 0.25) is 0 Å². The highest BCUT2D eigenvalue weighted by Gasteiger charge is 2.85. The van der Waals surface area contributed by atoms with Crippen LogP contribution in [0.2, 0.25) is 0 Å². The summed E-state index contributed by atoms with van der Waals surface area (Å²) in [6.07, 6.45) is -4.09. The second-order valence-corrected chi connectivity index (χ2v) is 2.08. The number of rotatable bonds is 5. The summed E-state index contributed by atoms with van der Waals surface area (Å²) >= 11 is 0. The van der Waals surface area contributed by atoms with Crippen molar-refractivity contribution < 1.29 is 24.1 Å². The number of alkyl halides is 1. The van der Waals surface area contributed by atoms with Gasteiger partial charge in [-0.25, -0.2) is 0 Å². The first-order chi connectivity index (χ1) is 6.68. The second kappa shape index (κ2) is 3.72. The Morgan fingerprint density at radius 2 is 1.13 bits per heavy atom. The van der Waals surface area contributed by atoms with Crippen molar-refractivity contribution >= 4 is 0 Å². The largest absolute Gasteiger partial charge is 0.799 e. The van der Waals surface area contributed by atoms with Gasteiger partial charge in [0, 0.05) is 0 Å². The lowest BCUT2D eigenvalue weighted by Crippen LogP contribution is -2.62. The summed E-state index contributed by atoms with van der Waals surface area (Å²) in [6.45, 7) is 0. The Morgan fingerprint density at radius 1 is 0.867 bits per heavy atom. The maximum absolute atomic E-state index is 12.6. The van der Waals surface area contributed by atoms with Crippen LogP contribution in [0.15, 0.2) is 0 Å². The second-order valence-electron chi connectivity index (χ2n) is 2.08. The summed E-state index contributed by atoms with van der Waals surface area (Å²) in [7, 11) is 0. The normalized spacial score (nSPS) is 12.9. The maximum atomic E-state index is 12.6. The van der Waals surface area contributed by atoms with E-state index >= 15 is 0 Å². The van der Waals surface area contributed by atoms with Crippen LogP contribution >= 0.6 is 0 Å². The maximum Gasteiger partial charge on any atom is 0.799 e. The van der Waals surface area contributed by atoms with Crippen molar-refractivity contribution in [2.24, 2.45) is 0 Å². The van der Waals surface area contributed by atoms with Crippen LogP contribution in [0.1, 0.15) is 0 Å². The van der Waals surface area contributed by atoms with Crippen LogP contribution in [0.3, 0.4) is 0 Å². The fourth-order valence-corrected chi connectivity index (χ4v) is 0.602. The van der Waals surface area contributed by atoms with E-state index in [0.717, 1.165) is 0 Å². The Morgan fingerprint density at radius 3 is 1.20 bits per heavy atom. The molecule has 0 aliphatic carbocycles. The van der Waals surface area contributed by atoms with E-state index in [2.05, 4.69) is 0 Å². The average molecular weight is 228 g/mol. The van der Waals surface area contributed by atoms with Crippen LogP contribution in [0, 0.1) is 40.5 Å². The quantitative estimate of drug-likeness (QED) is 0.250. The van der Waals surface area contributed by atoms with Gasteiger partial charge in [0.1, 0.15) is 0 Å². The zero-order valence-electron chi connectivity index (χ0n) is 6.51. The Balaban J connectivity index is 5.75. The van der Waals surface area contributed by atoms with Crippen molar-refractivity contribution in [2.45, 2.75) is 12.1 Å². The zero-order chi connectivity index (χ0) is 12.4. The molecule has 0 rings (SSSR count). The lowest BCUT2D eigenvalue weighted by atomic mass is 10.3. The van der Waals surface area contributed by atoms with Gasteiger partial charge in [-0.15, -0.1) is 4.39 Å². The molecule has 12 nitrogen and oxygen atoms in total. The SMILES string of the molecule is O=[N+]([O-])C(F)C([N+](=O)[O-])([N+](=O)[O-])[N+](=O)[O-]. The molecule has 13 heteroatoms. The third-order valence-electron chi connectivity index (χ3n) is 1.31. The van der Waals surface area contributed by atoms with Crippen molar-refractivity contribution in [3.8, 4) is 0 Å². The third-order valence-corrected chi connectivity index (χ3v) is 1.31. The first-order valence-corrected chi connectivity index (χ1v) is 2.90. The highest BCUT2D eigenvalue weighted by atomic mass is 19.1. The molecule has 15 heavy (non-hydrogen) atoms. The highest BCUT2D eigenvalue weighted by molar-refractivity contribution is 4.56. The van der Waals surface area contributed by atoms with Gasteiger partial charge < -0.3 is 0 Å². The van der Waals surface area contributed by atoms with E-state index in [1.807, 2.05) is 0 Å². The molecule has 0 aromatic rings. The molecule has 0 radical (unpaired) electrons. The first kappa shape index (κ1) is 12.5. The minimum Gasteiger partial charge on any atom is -0.261 e. The van der Waals surface area contributed by atoms with Gasteiger partial charge in [0.25, 0.3) is 0 Å². The van der Waals surface area contributed by atoms with Crippen LogP contribution in [0.25, 0.3) is 0 Å². The first-order valence-electron chi connectivity index (χ1n) is 2.90. The number of hydrogen-bond acceptors (Lipinski definition) is 8. The van der Waals surface area contributed by atoms with Gasteiger partial charge in [0.15, 0.2) is 14.8 Å². The van der Waals surface area contributed by atoms with Gasteiger partial charge in [-0.2, -0.15) is 0 Å². The summed E-state index contributed by atoms with van der Waals surface area (Å²) < 4.78 is 12.6. The summed E-state index contributed by atoms with van der Waals surface area (Å²) in [4.78, 5) is 31.0. The fourth-order valence-electron chi connectivity index (χ4n) is 0.602. The molecular formula is C2HFN4O8. The van der Waals surface area contributed by atoms with E-state index < -0.39 is 31.8 Å². The smallest absolute Gasteiger partial charge is 0.261 e.